The molecule has 4 heteroatoms. The van der Waals surface area contributed by atoms with Crippen molar-refractivity contribution in [1.82, 2.24) is 0 Å². The first-order chi connectivity index (χ1) is 12.5. The van der Waals surface area contributed by atoms with Gasteiger partial charge >= 0.3 is 5.97 Å². The number of hydrogen-bond acceptors (Lipinski definition) is 3. The van der Waals surface area contributed by atoms with E-state index in [0.717, 1.165) is 12.2 Å². The lowest BCUT2D eigenvalue weighted by Gasteiger charge is -2.13. The lowest BCUT2D eigenvalue weighted by atomic mass is 9.96. The van der Waals surface area contributed by atoms with E-state index < -0.39 is 5.97 Å². The number of hydrogen-bond donors (Lipinski definition) is 1. The highest BCUT2D eigenvalue weighted by Crippen LogP contribution is 2.55. The lowest BCUT2D eigenvalue weighted by Crippen LogP contribution is -2.15. The van der Waals surface area contributed by atoms with Crippen LogP contribution in [-0.2, 0) is 0 Å². The molecule has 0 radical (unpaired) electrons. The average Bonchev–Trinajstić information content (AvgIpc) is 3.42. The predicted molar refractivity (Wildman–Crippen MR) is 100 cm³/mol. The zero-order valence-electron chi connectivity index (χ0n) is 14.7. The molecule has 2 atom stereocenters. The normalized spacial score (nSPS) is 19.0. The topological polar surface area (TPSA) is 67.5 Å². The first-order valence-corrected chi connectivity index (χ1v) is 8.86. The summed E-state index contributed by atoms with van der Waals surface area (Å²) in [6, 6.07) is 14.8. The summed E-state index contributed by atoms with van der Waals surface area (Å²) in [7, 11) is 0. The van der Waals surface area contributed by atoms with Gasteiger partial charge in [0.15, 0.2) is 5.43 Å². The molecule has 1 heterocycles. The number of benzene rings is 2. The third-order valence-corrected chi connectivity index (χ3v) is 5.13. The highest BCUT2D eigenvalue weighted by Gasteiger charge is 2.43. The lowest BCUT2D eigenvalue weighted by molar-refractivity contribution is 0.0697. The third kappa shape index (κ3) is 2.71. The van der Waals surface area contributed by atoms with Crippen molar-refractivity contribution in [2.45, 2.75) is 38.0 Å². The van der Waals surface area contributed by atoms with Gasteiger partial charge in [0.25, 0.3) is 0 Å². The fraction of sp³-hybridized carbons (Fsp3) is 0.273. The van der Waals surface area contributed by atoms with Crippen LogP contribution in [0.1, 0.15) is 65.3 Å². The SMILES string of the molecule is CC(C)c1c(C2CC2c2ccccc2)oc2ccc(C(=O)O)cc2c1=O. The van der Waals surface area contributed by atoms with E-state index in [9.17, 15) is 14.7 Å². The van der Waals surface area contributed by atoms with Crippen LogP contribution in [-0.4, -0.2) is 11.1 Å². The number of carboxylic acid groups (broad SMARTS) is 1. The molecule has 1 fully saturated rings. The average molecular weight is 348 g/mol. The van der Waals surface area contributed by atoms with E-state index in [1.54, 1.807) is 6.07 Å². The molecule has 4 nitrogen and oxygen atoms in total. The quantitative estimate of drug-likeness (QED) is 0.729. The minimum Gasteiger partial charge on any atom is -0.478 e. The van der Waals surface area contributed by atoms with Crippen molar-refractivity contribution in [3.8, 4) is 0 Å². The second kappa shape index (κ2) is 6.13. The van der Waals surface area contributed by atoms with E-state index in [-0.39, 0.29) is 22.8 Å². The van der Waals surface area contributed by atoms with Gasteiger partial charge in [-0.2, -0.15) is 0 Å². The van der Waals surface area contributed by atoms with Gasteiger partial charge in [-0.15, -0.1) is 0 Å². The summed E-state index contributed by atoms with van der Waals surface area (Å²) in [5, 5.41) is 9.54. The second-order valence-electron chi connectivity index (χ2n) is 7.24. The maximum Gasteiger partial charge on any atom is 0.335 e. The zero-order valence-corrected chi connectivity index (χ0v) is 14.7. The Bertz CT molecular complexity index is 1050. The summed E-state index contributed by atoms with van der Waals surface area (Å²) in [5.41, 5.74) is 2.37. The van der Waals surface area contributed by atoms with Crippen LogP contribution < -0.4 is 5.43 Å². The monoisotopic (exact) mass is 348 g/mol. The van der Waals surface area contributed by atoms with Crippen molar-refractivity contribution in [3.63, 3.8) is 0 Å². The molecular formula is C22H20O4. The van der Waals surface area contributed by atoms with Gasteiger partial charge in [-0.3, -0.25) is 4.79 Å². The van der Waals surface area contributed by atoms with Gasteiger partial charge in [0.1, 0.15) is 11.3 Å². The first kappa shape index (κ1) is 16.6. The molecule has 132 valence electrons. The van der Waals surface area contributed by atoms with E-state index in [0.29, 0.717) is 22.5 Å². The van der Waals surface area contributed by atoms with Gasteiger partial charge in [-0.25, -0.2) is 4.79 Å². The maximum absolute atomic E-state index is 13.1. The Hall–Kier alpha value is -2.88. The van der Waals surface area contributed by atoms with E-state index in [1.807, 2.05) is 32.0 Å². The summed E-state index contributed by atoms with van der Waals surface area (Å²) in [6.45, 7) is 3.95. The number of rotatable bonds is 4. The smallest absolute Gasteiger partial charge is 0.335 e. The molecule has 26 heavy (non-hydrogen) atoms. The molecule has 1 aliphatic rings. The summed E-state index contributed by atoms with van der Waals surface area (Å²) in [5.74, 6) is 0.289. The van der Waals surface area contributed by atoms with E-state index in [4.69, 9.17) is 4.42 Å². The summed E-state index contributed by atoms with van der Waals surface area (Å²) < 4.78 is 6.15. The first-order valence-electron chi connectivity index (χ1n) is 8.86. The largest absolute Gasteiger partial charge is 0.478 e. The molecule has 0 aliphatic heterocycles. The Morgan fingerprint density at radius 3 is 2.50 bits per heavy atom. The third-order valence-electron chi connectivity index (χ3n) is 5.13. The number of aromatic carboxylic acids is 1. The van der Waals surface area contributed by atoms with Crippen LogP contribution in [0.3, 0.4) is 0 Å². The number of carbonyl (C=O) groups is 1. The van der Waals surface area contributed by atoms with Crippen molar-refractivity contribution >= 4 is 16.9 Å². The Morgan fingerprint density at radius 2 is 1.85 bits per heavy atom. The zero-order chi connectivity index (χ0) is 18.4. The Morgan fingerprint density at radius 1 is 1.12 bits per heavy atom. The van der Waals surface area contributed by atoms with Crippen molar-refractivity contribution in [2.75, 3.05) is 0 Å². The molecule has 0 spiro atoms. The molecule has 1 saturated carbocycles. The van der Waals surface area contributed by atoms with Crippen LogP contribution in [0.5, 0.6) is 0 Å². The molecule has 2 unspecified atom stereocenters. The van der Waals surface area contributed by atoms with Crippen LogP contribution in [0, 0.1) is 0 Å². The summed E-state index contributed by atoms with van der Waals surface area (Å²) >= 11 is 0. The number of carboxylic acids is 1. The van der Waals surface area contributed by atoms with Crippen LogP contribution in [0.25, 0.3) is 11.0 Å². The van der Waals surface area contributed by atoms with Crippen molar-refractivity contribution in [1.29, 1.82) is 0 Å². The molecule has 2 aromatic carbocycles. The predicted octanol–water partition coefficient (Wildman–Crippen LogP) is 4.89. The van der Waals surface area contributed by atoms with Gasteiger partial charge in [-0.05, 0) is 42.0 Å². The summed E-state index contributed by atoms with van der Waals surface area (Å²) in [6.07, 6.45) is 0.964. The minimum absolute atomic E-state index is 0.0103. The fourth-order valence-electron chi connectivity index (χ4n) is 3.74. The van der Waals surface area contributed by atoms with Crippen LogP contribution in [0.15, 0.2) is 57.7 Å². The van der Waals surface area contributed by atoms with Crippen LogP contribution >= 0.6 is 0 Å². The Kier molecular flexibility index (Phi) is 3.91. The molecule has 0 amide bonds. The molecular weight excluding hydrogens is 328 g/mol. The van der Waals surface area contributed by atoms with Crippen LogP contribution in [0.4, 0.5) is 0 Å². The molecule has 3 aromatic rings. The van der Waals surface area contributed by atoms with Crippen molar-refractivity contribution in [2.24, 2.45) is 0 Å². The van der Waals surface area contributed by atoms with Gasteiger partial charge in [0.2, 0.25) is 0 Å². The number of fused-ring (bicyclic) bond motifs is 1. The van der Waals surface area contributed by atoms with Crippen LogP contribution in [0.2, 0.25) is 0 Å². The van der Waals surface area contributed by atoms with E-state index >= 15 is 0 Å². The molecule has 1 aliphatic carbocycles. The molecule has 1 aromatic heterocycles. The summed E-state index contributed by atoms with van der Waals surface area (Å²) in [4.78, 5) is 24.3. The van der Waals surface area contributed by atoms with E-state index in [2.05, 4.69) is 12.1 Å². The molecule has 0 bridgehead atoms. The second-order valence-corrected chi connectivity index (χ2v) is 7.24. The van der Waals surface area contributed by atoms with Gasteiger partial charge in [0, 0.05) is 11.5 Å². The van der Waals surface area contributed by atoms with E-state index in [1.165, 1.54) is 17.7 Å². The Labute approximate surface area is 151 Å². The minimum atomic E-state index is -1.05. The van der Waals surface area contributed by atoms with Gasteiger partial charge < -0.3 is 9.52 Å². The Balaban J connectivity index is 1.85. The van der Waals surface area contributed by atoms with Gasteiger partial charge in [-0.1, -0.05) is 44.2 Å². The highest BCUT2D eigenvalue weighted by atomic mass is 16.4. The van der Waals surface area contributed by atoms with Gasteiger partial charge in [0.05, 0.1) is 10.9 Å². The van der Waals surface area contributed by atoms with Crippen molar-refractivity contribution < 1.29 is 14.3 Å². The highest BCUT2D eigenvalue weighted by molar-refractivity contribution is 5.92. The standard InChI is InChI=1S/C22H20O4/c1-12(2)19-20(23)17-10-14(22(24)25)8-9-18(17)26-21(19)16-11-15(16)13-6-4-3-5-7-13/h3-10,12,15-16H,11H2,1-2H3,(H,24,25). The molecule has 1 N–H and O–H groups in total. The maximum atomic E-state index is 13.1. The van der Waals surface area contributed by atoms with Crippen molar-refractivity contribution in [3.05, 3.63) is 81.2 Å². The molecule has 4 rings (SSSR count). The molecule has 0 saturated heterocycles. The fourth-order valence-corrected chi connectivity index (χ4v) is 3.74.